The minimum Gasteiger partial charge on any atom is -0.497 e. The lowest BCUT2D eigenvalue weighted by Gasteiger charge is -2.10. The molecule has 0 amide bonds. The van der Waals surface area contributed by atoms with E-state index in [1.807, 2.05) is 0 Å². The number of hydrogen-bond acceptors (Lipinski definition) is 4. The van der Waals surface area contributed by atoms with Crippen LogP contribution < -0.4 is 9.47 Å². The van der Waals surface area contributed by atoms with E-state index in [0.717, 1.165) is 0 Å². The first-order chi connectivity index (χ1) is 7.62. The highest BCUT2D eigenvalue weighted by molar-refractivity contribution is 5.99. The van der Waals surface area contributed by atoms with Crippen molar-refractivity contribution < 1.29 is 19.4 Å². The number of methoxy groups -OCH3 is 2. The van der Waals surface area contributed by atoms with Gasteiger partial charge >= 0.3 is 0 Å². The van der Waals surface area contributed by atoms with Crippen molar-refractivity contribution in [3.8, 4) is 11.5 Å². The number of hydrogen-bond donors (Lipinski definition) is 1. The lowest BCUT2D eigenvalue weighted by atomic mass is 10.0. The summed E-state index contributed by atoms with van der Waals surface area (Å²) in [6, 6.07) is 4.85. The molecule has 0 bridgehead atoms. The first kappa shape index (κ1) is 12.5. The predicted molar refractivity (Wildman–Crippen MR) is 60.2 cm³/mol. The third kappa shape index (κ3) is 2.73. The number of Topliss-reactive ketones (excluding diaryl/α,β-unsaturated/α-hetero) is 1. The summed E-state index contributed by atoms with van der Waals surface area (Å²) in [5, 5.41) is 9.48. The fourth-order valence-corrected chi connectivity index (χ4v) is 1.33. The van der Waals surface area contributed by atoms with Gasteiger partial charge in [-0.15, -0.1) is 0 Å². The van der Waals surface area contributed by atoms with Gasteiger partial charge in [0.25, 0.3) is 0 Å². The molecular formula is C12H16O4. The van der Waals surface area contributed by atoms with Crippen molar-refractivity contribution in [2.45, 2.75) is 19.4 Å². The fourth-order valence-electron chi connectivity index (χ4n) is 1.33. The average molecular weight is 224 g/mol. The van der Waals surface area contributed by atoms with E-state index >= 15 is 0 Å². The highest BCUT2D eigenvalue weighted by atomic mass is 16.5. The summed E-state index contributed by atoms with van der Waals surface area (Å²) in [6.45, 7) is 1.75. The van der Waals surface area contributed by atoms with Crippen LogP contribution in [0.15, 0.2) is 18.2 Å². The highest BCUT2D eigenvalue weighted by Crippen LogP contribution is 2.23. The van der Waals surface area contributed by atoms with Crippen LogP contribution in [-0.2, 0) is 0 Å². The van der Waals surface area contributed by atoms with Crippen molar-refractivity contribution in [2.75, 3.05) is 14.2 Å². The molecule has 1 N–H and O–H groups in total. The maximum absolute atomic E-state index is 11.8. The molecule has 0 aliphatic carbocycles. The number of ether oxygens (including phenoxy) is 2. The second kappa shape index (κ2) is 5.51. The van der Waals surface area contributed by atoms with Crippen LogP contribution >= 0.6 is 0 Å². The van der Waals surface area contributed by atoms with Gasteiger partial charge in [-0.2, -0.15) is 0 Å². The van der Waals surface area contributed by atoms with Gasteiger partial charge in [0.05, 0.1) is 14.2 Å². The first-order valence-corrected chi connectivity index (χ1v) is 5.07. The zero-order valence-electron chi connectivity index (χ0n) is 9.69. The Morgan fingerprint density at radius 2 is 1.75 bits per heavy atom. The molecule has 1 unspecified atom stereocenters. The van der Waals surface area contributed by atoms with Crippen LogP contribution in [0.1, 0.15) is 23.7 Å². The Hall–Kier alpha value is -1.55. The smallest absolute Gasteiger partial charge is 0.191 e. The zero-order valence-corrected chi connectivity index (χ0v) is 9.69. The van der Waals surface area contributed by atoms with Gasteiger partial charge in [-0.05, 0) is 18.6 Å². The maximum atomic E-state index is 11.8. The topological polar surface area (TPSA) is 55.8 Å². The van der Waals surface area contributed by atoms with Crippen LogP contribution in [0.4, 0.5) is 0 Å². The number of aliphatic hydroxyl groups is 1. The summed E-state index contributed by atoms with van der Waals surface area (Å²) < 4.78 is 10.1. The quantitative estimate of drug-likeness (QED) is 0.773. The molecule has 4 heteroatoms. The van der Waals surface area contributed by atoms with Gasteiger partial charge in [-0.3, -0.25) is 4.79 Å². The van der Waals surface area contributed by atoms with E-state index in [0.29, 0.717) is 23.5 Å². The fraction of sp³-hybridized carbons (Fsp3) is 0.417. The molecule has 0 heterocycles. The number of carbonyl (C=O) groups excluding carboxylic acids is 1. The molecule has 0 aliphatic rings. The Bertz CT molecular complexity index is 351. The zero-order chi connectivity index (χ0) is 12.1. The molecule has 0 saturated heterocycles. The van der Waals surface area contributed by atoms with Gasteiger partial charge < -0.3 is 14.6 Å². The van der Waals surface area contributed by atoms with Crippen molar-refractivity contribution in [2.24, 2.45) is 0 Å². The van der Waals surface area contributed by atoms with Gasteiger partial charge in [0, 0.05) is 11.6 Å². The lowest BCUT2D eigenvalue weighted by Crippen LogP contribution is -2.19. The van der Waals surface area contributed by atoms with Crippen LogP contribution in [0.2, 0.25) is 0 Å². The van der Waals surface area contributed by atoms with Crippen LogP contribution in [0.3, 0.4) is 0 Å². The Morgan fingerprint density at radius 3 is 2.12 bits per heavy atom. The highest BCUT2D eigenvalue weighted by Gasteiger charge is 2.16. The number of rotatable bonds is 5. The van der Waals surface area contributed by atoms with Crippen molar-refractivity contribution in [1.29, 1.82) is 0 Å². The Balaban J connectivity index is 3.07. The van der Waals surface area contributed by atoms with Crippen LogP contribution in [0.5, 0.6) is 11.5 Å². The molecule has 0 spiro atoms. The van der Waals surface area contributed by atoms with Gasteiger partial charge in [0.15, 0.2) is 5.78 Å². The summed E-state index contributed by atoms with van der Waals surface area (Å²) in [5.41, 5.74) is 0.394. The van der Waals surface area contributed by atoms with Crippen molar-refractivity contribution >= 4 is 5.78 Å². The van der Waals surface area contributed by atoms with E-state index in [-0.39, 0.29) is 5.78 Å². The second-order valence-corrected chi connectivity index (χ2v) is 3.39. The molecule has 4 nitrogen and oxygen atoms in total. The van der Waals surface area contributed by atoms with E-state index in [2.05, 4.69) is 0 Å². The number of benzene rings is 1. The van der Waals surface area contributed by atoms with Crippen molar-refractivity contribution in [3.63, 3.8) is 0 Å². The van der Waals surface area contributed by atoms with Gasteiger partial charge in [-0.25, -0.2) is 0 Å². The van der Waals surface area contributed by atoms with E-state index < -0.39 is 6.10 Å². The largest absolute Gasteiger partial charge is 0.497 e. The van der Waals surface area contributed by atoms with Crippen molar-refractivity contribution in [3.05, 3.63) is 23.8 Å². The second-order valence-electron chi connectivity index (χ2n) is 3.39. The predicted octanol–water partition coefficient (Wildman–Crippen LogP) is 1.66. The monoisotopic (exact) mass is 224 g/mol. The molecule has 1 aromatic rings. The van der Waals surface area contributed by atoms with Crippen molar-refractivity contribution in [1.82, 2.24) is 0 Å². The minimum absolute atomic E-state index is 0.320. The molecule has 0 aromatic heterocycles. The summed E-state index contributed by atoms with van der Waals surface area (Å²) in [5.74, 6) is 0.747. The van der Waals surface area contributed by atoms with E-state index in [4.69, 9.17) is 9.47 Å². The van der Waals surface area contributed by atoms with E-state index in [9.17, 15) is 9.90 Å². The molecule has 16 heavy (non-hydrogen) atoms. The molecule has 0 aliphatic heterocycles. The van der Waals surface area contributed by atoms with Gasteiger partial charge in [0.1, 0.15) is 17.6 Å². The Labute approximate surface area is 94.8 Å². The molecule has 88 valence electrons. The Morgan fingerprint density at radius 1 is 1.25 bits per heavy atom. The molecule has 1 rings (SSSR count). The van der Waals surface area contributed by atoms with Crippen LogP contribution in [-0.4, -0.2) is 31.2 Å². The Kier molecular flexibility index (Phi) is 4.31. The SMILES string of the molecule is CCC(O)C(=O)c1cc(OC)cc(OC)c1. The van der Waals surface area contributed by atoms with E-state index in [1.54, 1.807) is 25.1 Å². The third-order valence-electron chi connectivity index (χ3n) is 2.33. The first-order valence-electron chi connectivity index (χ1n) is 5.07. The normalized spacial score (nSPS) is 12.0. The standard InChI is InChI=1S/C12H16O4/c1-4-11(13)12(14)8-5-9(15-2)7-10(6-8)16-3/h5-7,11,13H,4H2,1-3H3. The summed E-state index contributed by atoms with van der Waals surface area (Å²) in [4.78, 5) is 11.8. The average Bonchev–Trinajstić information content (AvgIpc) is 2.35. The molecular weight excluding hydrogens is 208 g/mol. The maximum Gasteiger partial charge on any atom is 0.191 e. The van der Waals surface area contributed by atoms with Gasteiger partial charge in [0.2, 0.25) is 0 Å². The van der Waals surface area contributed by atoms with Gasteiger partial charge in [-0.1, -0.05) is 6.92 Å². The number of ketones is 1. The molecule has 0 fully saturated rings. The van der Waals surface area contributed by atoms with Crippen LogP contribution in [0, 0.1) is 0 Å². The molecule has 0 saturated carbocycles. The van der Waals surface area contributed by atoms with E-state index in [1.165, 1.54) is 14.2 Å². The summed E-state index contributed by atoms with van der Waals surface area (Å²) in [7, 11) is 3.03. The van der Waals surface area contributed by atoms with Crippen LogP contribution in [0.25, 0.3) is 0 Å². The third-order valence-corrected chi connectivity index (χ3v) is 2.33. The minimum atomic E-state index is -0.975. The lowest BCUT2D eigenvalue weighted by molar-refractivity contribution is 0.0740. The summed E-state index contributed by atoms with van der Waals surface area (Å²) in [6.07, 6.45) is -0.588. The summed E-state index contributed by atoms with van der Waals surface area (Å²) >= 11 is 0. The number of carbonyl (C=O) groups is 1. The molecule has 1 atom stereocenters. The molecule has 1 aromatic carbocycles. The number of aliphatic hydroxyl groups excluding tert-OH is 1. The molecule has 0 radical (unpaired) electrons.